The minimum absolute atomic E-state index is 0.293. The maximum Gasteiger partial charge on any atom is 0.295 e. The van der Waals surface area contributed by atoms with Gasteiger partial charge in [-0.1, -0.05) is 40.7 Å². The number of carbonyl (C=O) groups is 1. The van der Waals surface area contributed by atoms with Crippen molar-refractivity contribution in [3.63, 3.8) is 0 Å². The zero-order valence-corrected chi connectivity index (χ0v) is 7.79. The van der Waals surface area contributed by atoms with E-state index >= 15 is 0 Å². The second-order valence-electron chi connectivity index (χ2n) is 3.07. The van der Waals surface area contributed by atoms with Gasteiger partial charge in [-0.15, -0.1) is 0 Å². The van der Waals surface area contributed by atoms with Gasteiger partial charge in [0.15, 0.2) is 6.04 Å². The van der Waals surface area contributed by atoms with Crippen molar-refractivity contribution in [1.82, 2.24) is 5.01 Å². The molecule has 1 aromatic carbocycles. The van der Waals surface area contributed by atoms with Gasteiger partial charge in [-0.05, 0) is 5.56 Å². The summed E-state index contributed by atoms with van der Waals surface area (Å²) in [6.45, 7) is 0. The van der Waals surface area contributed by atoms with Gasteiger partial charge in [-0.3, -0.25) is 10.2 Å². The van der Waals surface area contributed by atoms with Crippen LogP contribution in [0.2, 0.25) is 0 Å². The highest BCUT2D eigenvalue weighted by Gasteiger charge is 2.34. The lowest BCUT2D eigenvalue weighted by Crippen LogP contribution is -2.34. The molecule has 6 heteroatoms. The molecule has 0 aromatic heterocycles. The first-order chi connectivity index (χ1) is 7.20. The van der Waals surface area contributed by atoms with E-state index in [2.05, 4.69) is 10.3 Å². The van der Waals surface area contributed by atoms with Crippen LogP contribution < -0.4 is 5.73 Å². The van der Waals surface area contributed by atoms with Crippen LogP contribution in [0.5, 0.6) is 0 Å². The molecule has 2 rings (SSSR count). The number of guanidine groups is 1. The number of nitrogens with two attached hydrogens (primary N) is 1. The number of carbonyl (C=O) groups excluding carboxylic acids is 1. The molecule has 0 bridgehead atoms. The quantitative estimate of drug-likeness (QED) is 0.522. The summed E-state index contributed by atoms with van der Waals surface area (Å²) in [7, 11) is 0. The van der Waals surface area contributed by atoms with E-state index in [1.165, 1.54) is 0 Å². The summed E-state index contributed by atoms with van der Waals surface area (Å²) < 4.78 is 0. The van der Waals surface area contributed by atoms with Gasteiger partial charge in [0.1, 0.15) is 0 Å². The SMILES string of the molecule is N=C(N)N1N=NC(=O)C1c1ccccc1. The molecule has 0 saturated carbocycles. The van der Waals surface area contributed by atoms with E-state index in [4.69, 9.17) is 11.1 Å². The maximum absolute atomic E-state index is 11.4. The summed E-state index contributed by atoms with van der Waals surface area (Å²) in [5.41, 5.74) is 6.02. The van der Waals surface area contributed by atoms with Crippen LogP contribution >= 0.6 is 0 Å². The normalized spacial score (nSPS) is 19.6. The van der Waals surface area contributed by atoms with Crippen molar-refractivity contribution < 1.29 is 4.79 Å². The van der Waals surface area contributed by atoms with E-state index in [-0.39, 0.29) is 5.96 Å². The van der Waals surface area contributed by atoms with Gasteiger partial charge in [0.25, 0.3) is 5.91 Å². The van der Waals surface area contributed by atoms with Crippen molar-refractivity contribution >= 4 is 11.9 Å². The Morgan fingerprint density at radius 1 is 1.40 bits per heavy atom. The first kappa shape index (κ1) is 9.32. The zero-order chi connectivity index (χ0) is 10.8. The van der Waals surface area contributed by atoms with Gasteiger partial charge in [0.05, 0.1) is 0 Å². The van der Waals surface area contributed by atoms with Crippen LogP contribution in [-0.2, 0) is 4.79 Å². The molecule has 1 aliphatic rings. The Morgan fingerprint density at radius 3 is 2.67 bits per heavy atom. The molecule has 1 amide bonds. The number of nitrogens with zero attached hydrogens (tertiary/aromatic N) is 3. The molecule has 6 nitrogen and oxygen atoms in total. The van der Waals surface area contributed by atoms with Crippen molar-refractivity contribution in [2.75, 3.05) is 0 Å². The minimum atomic E-state index is -0.691. The Kier molecular flexibility index (Phi) is 2.17. The van der Waals surface area contributed by atoms with Gasteiger partial charge < -0.3 is 5.73 Å². The fraction of sp³-hybridized carbons (Fsp3) is 0.111. The minimum Gasteiger partial charge on any atom is -0.368 e. The summed E-state index contributed by atoms with van der Waals surface area (Å²) in [6, 6.07) is 8.31. The first-order valence-corrected chi connectivity index (χ1v) is 4.34. The molecule has 0 spiro atoms. The number of rotatable bonds is 1. The van der Waals surface area contributed by atoms with E-state index in [1.54, 1.807) is 24.3 Å². The molecule has 1 aromatic rings. The lowest BCUT2D eigenvalue weighted by atomic mass is 10.1. The third-order valence-electron chi connectivity index (χ3n) is 2.08. The van der Waals surface area contributed by atoms with E-state index in [1.807, 2.05) is 6.07 Å². The molecule has 0 fully saturated rings. The van der Waals surface area contributed by atoms with Crippen LogP contribution in [-0.4, -0.2) is 16.9 Å². The van der Waals surface area contributed by atoms with Crippen molar-refractivity contribution in [2.24, 2.45) is 16.1 Å². The average Bonchev–Trinajstić information content (AvgIpc) is 2.61. The highest BCUT2D eigenvalue weighted by atomic mass is 16.2. The third kappa shape index (κ3) is 1.56. The van der Waals surface area contributed by atoms with Crippen molar-refractivity contribution in [3.8, 4) is 0 Å². The molecule has 1 heterocycles. The first-order valence-electron chi connectivity index (χ1n) is 4.34. The third-order valence-corrected chi connectivity index (χ3v) is 2.08. The molecule has 76 valence electrons. The molecule has 15 heavy (non-hydrogen) atoms. The lowest BCUT2D eigenvalue weighted by Gasteiger charge is -2.17. The predicted octanol–water partition coefficient (Wildman–Crippen LogP) is 0.831. The molecule has 0 aliphatic carbocycles. The molecule has 1 aliphatic heterocycles. The number of hydrogen-bond acceptors (Lipinski definition) is 3. The fourth-order valence-electron chi connectivity index (χ4n) is 1.41. The van der Waals surface area contributed by atoms with Gasteiger partial charge in [-0.25, -0.2) is 0 Å². The Morgan fingerprint density at radius 2 is 2.07 bits per heavy atom. The Labute approximate surface area is 85.9 Å². The summed E-state index contributed by atoms with van der Waals surface area (Å²) >= 11 is 0. The largest absolute Gasteiger partial charge is 0.368 e. The van der Waals surface area contributed by atoms with Crippen LogP contribution in [0.1, 0.15) is 11.6 Å². The van der Waals surface area contributed by atoms with Crippen LogP contribution in [0.4, 0.5) is 0 Å². The van der Waals surface area contributed by atoms with Gasteiger partial charge in [0.2, 0.25) is 5.96 Å². The second-order valence-corrected chi connectivity index (χ2v) is 3.07. The fourth-order valence-corrected chi connectivity index (χ4v) is 1.41. The number of benzene rings is 1. The van der Waals surface area contributed by atoms with Crippen molar-refractivity contribution in [2.45, 2.75) is 6.04 Å². The van der Waals surface area contributed by atoms with E-state index in [9.17, 15) is 4.79 Å². The molecule has 1 unspecified atom stereocenters. The van der Waals surface area contributed by atoms with Crippen LogP contribution in [0.15, 0.2) is 40.7 Å². The maximum atomic E-state index is 11.4. The van der Waals surface area contributed by atoms with Crippen molar-refractivity contribution in [1.29, 1.82) is 5.41 Å². The number of nitrogens with one attached hydrogen (secondary N) is 1. The van der Waals surface area contributed by atoms with Crippen molar-refractivity contribution in [3.05, 3.63) is 35.9 Å². The summed E-state index contributed by atoms with van der Waals surface area (Å²) in [4.78, 5) is 11.4. The lowest BCUT2D eigenvalue weighted by molar-refractivity contribution is -0.119. The highest BCUT2D eigenvalue weighted by Crippen LogP contribution is 2.26. The standard InChI is InChI=1S/C9H9N5O/c10-9(11)14-7(8(15)12-13-14)6-4-2-1-3-5-6/h1-5,7H,(H3,10,11). The topological polar surface area (TPSA) is 94.9 Å². The Hall–Kier alpha value is -2.24. The van der Waals surface area contributed by atoms with E-state index in [0.717, 1.165) is 10.6 Å². The highest BCUT2D eigenvalue weighted by molar-refractivity contribution is 5.90. The van der Waals surface area contributed by atoms with E-state index < -0.39 is 11.9 Å². The molecular weight excluding hydrogens is 194 g/mol. The average molecular weight is 203 g/mol. The summed E-state index contributed by atoms with van der Waals surface area (Å²) in [5.74, 6) is -0.699. The summed E-state index contributed by atoms with van der Waals surface area (Å²) in [5, 5.41) is 15.3. The van der Waals surface area contributed by atoms with Gasteiger partial charge >= 0.3 is 0 Å². The Balaban J connectivity index is 2.36. The van der Waals surface area contributed by atoms with E-state index in [0.29, 0.717) is 0 Å². The molecule has 3 N–H and O–H groups in total. The molecule has 1 atom stereocenters. The smallest absolute Gasteiger partial charge is 0.295 e. The summed E-state index contributed by atoms with van der Waals surface area (Å²) in [6.07, 6.45) is 0. The zero-order valence-electron chi connectivity index (χ0n) is 7.79. The second kappa shape index (κ2) is 3.49. The molecule has 0 radical (unpaired) electrons. The van der Waals surface area contributed by atoms with Crippen LogP contribution in [0.3, 0.4) is 0 Å². The van der Waals surface area contributed by atoms with Gasteiger partial charge in [-0.2, -0.15) is 5.01 Å². The Bertz CT molecular complexity index is 427. The van der Waals surface area contributed by atoms with Gasteiger partial charge in [0, 0.05) is 0 Å². The monoisotopic (exact) mass is 203 g/mol. The van der Waals surface area contributed by atoms with Crippen LogP contribution in [0.25, 0.3) is 0 Å². The molecule has 0 saturated heterocycles. The number of hydrogen-bond donors (Lipinski definition) is 2. The van der Waals surface area contributed by atoms with Crippen LogP contribution in [0, 0.1) is 5.41 Å². The number of amides is 1. The molecular formula is C9H9N5O. The predicted molar refractivity (Wildman–Crippen MR) is 52.8 cm³/mol.